The first-order valence-corrected chi connectivity index (χ1v) is 6.35. The summed E-state index contributed by atoms with van der Waals surface area (Å²) in [6.45, 7) is 2.08. The Morgan fingerprint density at radius 1 is 0.842 bits per heavy atom. The molecule has 3 aromatic carbocycles. The van der Waals surface area contributed by atoms with E-state index in [0.29, 0.717) is 0 Å². The Morgan fingerprint density at radius 3 is 2.37 bits per heavy atom. The van der Waals surface area contributed by atoms with E-state index in [1.165, 1.54) is 10.9 Å². The number of rotatable bonds is 2. The number of fused-ring (bicyclic) bond motifs is 1. The van der Waals surface area contributed by atoms with Crippen molar-refractivity contribution in [3.8, 4) is 0 Å². The van der Waals surface area contributed by atoms with Gasteiger partial charge in [0, 0.05) is 11.1 Å². The summed E-state index contributed by atoms with van der Waals surface area (Å²) in [4.78, 5) is 0. The number of hydrogen-bond donors (Lipinski definition) is 2. The predicted molar refractivity (Wildman–Crippen MR) is 82.8 cm³/mol. The average Bonchev–Trinajstić information content (AvgIpc) is 2.44. The van der Waals surface area contributed by atoms with Gasteiger partial charge in [0.2, 0.25) is 0 Å². The van der Waals surface area contributed by atoms with Crippen LogP contribution in [0.3, 0.4) is 0 Å². The van der Waals surface area contributed by atoms with Crippen molar-refractivity contribution in [3.63, 3.8) is 0 Å². The molecule has 0 unspecified atom stereocenters. The first-order chi connectivity index (χ1) is 9.24. The summed E-state index contributed by atoms with van der Waals surface area (Å²) in [6.07, 6.45) is 0. The molecule has 0 heterocycles. The van der Waals surface area contributed by atoms with Crippen LogP contribution >= 0.6 is 0 Å². The quantitative estimate of drug-likeness (QED) is 0.656. The SMILES string of the molecule is Cc1ccc(Nc2c(N)ccc3ccccc23)cc1. The Kier molecular flexibility index (Phi) is 2.84. The molecule has 0 saturated carbocycles. The zero-order valence-corrected chi connectivity index (χ0v) is 10.9. The molecule has 0 aromatic heterocycles. The molecule has 3 N–H and O–H groups in total. The summed E-state index contributed by atoms with van der Waals surface area (Å²) >= 11 is 0. The largest absolute Gasteiger partial charge is 0.397 e. The van der Waals surface area contributed by atoms with Gasteiger partial charge >= 0.3 is 0 Å². The van der Waals surface area contributed by atoms with Crippen molar-refractivity contribution in [1.29, 1.82) is 0 Å². The minimum atomic E-state index is 0.763. The normalized spacial score (nSPS) is 10.6. The number of aryl methyl sites for hydroxylation is 1. The number of nitrogen functional groups attached to an aromatic ring is 1. The fourth-order valence-corrected chi connectivity index (χ4v) is 2.21. The van der Waals surface area contributed by atoms with Crippen molar-refractivity contribution < 1.29 is 0 Å². The summed E-state index contributed by atoms with van der Waals surface area (Å²) in [7, 11) is 0. The Bertz CT molecular complexity index is 715. The maximum absolute atomic E-state index is 6.10. The lowest BCUT2D eigenvalue weighted by molar-refractivity contribution is 1.46. The molecular formula is C17H16N2. The maximum Gasteiger partial charge on any atom is 0.0697 e. The number of nitrogens with one attached hydrogen (secondary N) is 1. The molecule has 0 aliphatic rings. The molecule has 3 rings (SSSR count). The lowest BCUT2D eigenvalue weighted by atomic mass is 10.1. The number of anilines is 3. The van der Waals surface area contributed by atoms with Crippen LogP contribution in [0.4, 0.5) is 17.1 Å². The van der Waals surface area contributed by atoms with E-state index >= 15 is 0 Å². The smallest absolute Gasteiger partial charge is 0.0697 e. The molecule has 94 valence electrons. The average molecular weight is 248 g/mol. The molecule has 0 aliphatic carbocycles. The van der Waals surface area contributed by atoms with Crippen LogP contribution in [0.15, 0.2) is 60.7 Å². The highest BCUT2D eigenvalue weighted by molar-refractivity contribution is 6.01. The molecule has 3 aromatic rings. The van der Waals surface area contributed by atoms with E-state index in [9.17, 15) is 0 Å². The third kappa shape index (κ3) is 2.25. The van der Waals surface area contributed by atoms with Gasteiger partial charge in [-0.1, -0.05) is 48.0 Å². The molecule has 2 heteroatoms. The van der Waals surface area contributed by atoms with E-state index in [0.717, 1.165) is 22.4 Å². The second-order valence-corrected chi connectivity index (χ2v) is 4.74. The zero-order chi connectivity index (χ0) is 13.2. The fourth-order valence-electron chi connectivity index (χ4n) is 2.21. The van der Waals surface area contributed by atoms with Gasteiger partial charge in [0.25, 0.3) is 0 Å². The Balaban J connectivity index is 2.09. The minimum absolute atomic E-state index is 0.763. The lowest BCUT2D eigenvalue weighted by Crippen LogP contribution is -1.97. The highest BCUT2D eigenvalue weighted by Crippen LogP contribution is 2.31. The van der Waals surface area contributed by atoms with Gasteiger partial charge in [-0.15, -0.1) is 0 Å². The number of hydrogen-bond acceptors (Lipinski definition) is 2. The van der Waals surface area contributed by atoms with Crippen molar-refractivity contribution in [2.45, 2.75) is 6.92 Å². The molecule has 0 fully saturated rings. The standard InChI is InChI=1S/C17H16N2/c1-12-6-9-14(10-7-12)19-17-15-5-3-2-4-13(15)8-11-16(17)18/h2-11,19H,18H2,1H3. The van der Waals surface area contributed by atoms with Crippen LogP contribution in [0.1, 0.15) is 5.56 Å². The van der Waals surface area contributed by atoms with E-state index in [4.69, 9.17) is 5.73 Å². The highest BCUT2D eigenvalue weighted by Gasteiger charge is 2.05. The van der Waals surface area contributed by atoms with Crippen LogP contribution in [0, 0.1) is 6.92 Å². The Hall–Kier alpha value is -2.48. The van der Waals surface area contributed by atoms with Gasteiger partial charge in [-0.25, -0.2) is 0 Å². The van der Waals surface area contributed by atoms with Crippen molar-refractivity contribution in [3.05, 3.63) is 66.2 Å². The molecular weight excluding hydrogens is 232 g/mol. The van der Waals surface area contributed by atoms with Crippen LogP contribution < -0.4 is 11.1 Å². The van der Waals surface area contributed by atoms with Gasteiger partial charge in [-0.05, 0) is 30.5 Å². The molecule has 0 atom stereocenters. The van der Waals surface area contributed by atoms with E-state index in [1.54, 1.807) is 0 Å². The third-order valence-electron chi connectivity index (χ3n) is 3.28. The number of benzene rings is 3. The highest BCUT2D eigenvalue weighted by atomic mass is 14.9. The predicted octanol–water partition coefficient (Wildman–Crippen LogP) is 4.47. The van der Waals surface area contributed by atoms with Crippen LogP contribution in [-0.4, -0.2) is 0 Å². The van der Waals surface area contributed by atoms with E-state index in [-0.39, 0.29) is 0 Å². The van der Waals surface area contributed by atoms with Gasteiger partial charge in [-0.3, -0.25) is 0 Å². The third-order valence-corrected chi connectivity index (χ3v) is 3.28. The van der Waals surface area contributed by atoms with Crippen molar-refractivity contribution in [1.82, 2.24) is 0 Å². The second-order valence-electron chi connectivity index (χ2n) is 4.74. The minimum Gasteiger partial charge on any atom is -0.397 e. The molecule has 0 amide bonds. The lowest BCUT2D eigenvalue weighted by Gasteiger charge is -2.13. The van der Waals surface area contributed by atoms with Gasteiger partial charge in [0.05, 0.1) is 11.4 Å². The summed E-state index contributed by atoms with van der Waals surface area (Å²) < 4.78 is 0. The topological polar surface area (TPSA) is 38.0 Å². The van der Waals surface area contributed by atoms with Gasteiger partial charge < -0.3 is 11.1 Å². The van der Waals surface area contributed by atoms with Gasteiger partial charge in [-0.2, -0.15) is 0 Å². The fraction of sp³-hybridized carbons (Fsp3) is 0.0588. The summed E-state index contributed by atoms with van der Waals surface area (Å²) in [6, 6.07) is 20.5. The van der Waals surface area contributed by atoms with Gasteiger partial charge in [0.1, 0.15) is 0 Å². The maximum atomic E-state index is 6.10. The van der Waals surface area contributed by atoms with Gasteiger partial charge in [0.15, 0.2) is 0 Å². The van der Waals surface area contributed by atoms with Crippen LogP contribution in [0.25, 0.3) is 10.8 Å². The Labute approximate surface area is 112 Å². The molecule has 0 saturated heterocycles. The zero-order valence-electron chi connectivity index (χ0n) is 10.9. The van der Waals surface area contributed by atoms with E-state index in [1.807, 2.05) is 24.3 Å². The van der Waals surface area contributed by atoms with Crippen molar-refractivity contribution in [2.75, 3.05) is 11.1 Å². The first kappa shape index (κ1) is 11.6. The molecule has 0 aliphatic heterocycles. The molecule has 0 radical (unpaired) electrons. The summed E-state index contributed by atoms with van der Waals surface area (Å²) in [5, 5.41) is 5.75. The molecule has 19 heavy (non-hydrogen) atoms. The first-order valence-electron chi connectivity index (χ1n) is 6.35. The number of nitrogens with two attached hydrogens (primary N) is 1. The van der Waals surface area contributed by atoms with Crippen molar-refractivity contribution >= 4 is 27.8 Å². The van der Waals surface area contributed by atoms with Crippen LogP contribution in [0.5, 0.6) is 0 Å². The van der Waals surface area contributed by atoms with Crippen LogP contribution in [-0.2, 0) is 0 Å². The molecule has 0 bridgehead atoms. The summed E-state index contributed by atoms with van der Waals surface area (Å²) in [5.74, 6) is 0. The van der Waals surface area contributed by atoms with E-state index in [2.05, 4.69) is 48.6 Å². The Morgan fingerprint density at radius 2 is 1.58 bits per heavy atom. The molecule has 2 nitrogen and oxygen atoms in total. The van der Waals surface area contributed by atoms with E-state index < -0.39 is 0 Å². The second kappa shape index (κ2) is 4.65. The molecule has 0 spiro atoms. The monoisotopic (exact) mass is 248 g/mol. The summed E-state index contributed by atoms with van der Waals surface area (Å²) in [5.41, 5.74) is 10.1. The van der Waals surface area contributed by atoms with Crippen molar-refractivity contribution in [2.24, 2.45) is 0 Å². The van der Waals surface area contributed by atoms with Crippen LogP contribution in [0.2, 0.25) is 0 Å².